The van der Waals surface area contributed by atoms with E-state index in [-0.39, 0.29) is 5.41 Å². The van der Waals surface area contributed by atoms with Crippen molar-refractivity contribution >= 4 is 39.1 Å². The number of alkyl halides is 1. The van der Waals surface area contributed by atoms with Crippen molar-refractivity contribution in [1.29, 1.82) is 0 Å². The molecule has 0 amide bonds. The Hall–Kier alpha value is 0.280. The van der Waals surface area contributed by atoms with Gasteiger partial charge < -0.3 is 0 Å². The molecule has 0 heterocycles. The zero-order valence-corrected chi connectivity index (χ0v) is 13.0. The Morgan fingerprint density at radius 2 is 1.88 bits per heavy atom. The van der Waals surface area contributed by atoms with Crippen LogP contribution in [0.2, 0.25) is 10.0 Å². The fourth-order valence-corrected chi connectivity index (χ4v) is 3.23. The second kappa shape index (κ2) is 5.75. The largest absolute Gasteiger partial charge is 0.0893 e. The predicted octanol–water partition coefficient (Wildman–Crippen LogP) is 5.74. The highest BCUT2D eigenvalue weighted by molar-refractivity contribution is 9.09. The van der Waals surface area contributed by atoms with Crippen LogP contribution in [0, 0.1) is 5.41 Å². The molecular weight excluding hydrogens is 307 g/mol. The van der Waals surface area contributed by atoms with Crippen LogP contribution in [0.1, 0.15) is 32.8 Å². The van der Waals surface area contributed by atoms with Gasteiger partial charge in [-0.25, -0.2) is 0 Å². The van der Waals surface area contributed by atoms with Gasteiger partial charge in [0.15, 0.2) is 0 Å². The standard InChI is InChI=1S/C13H17BrCl2/c1-9(14)7-13(2,3)8-10-4-5-11(15)12(16)6-10/h4-6,9H,7-8H2,1-3H3. The van der Waals surface area contributed by atoms with E-state index in [9.17, 15) is 0 Å². The van der Waals surface area contributed by atoms with Gasteiger partial charge in [0, 0.05) is 4.83 Å². The number of halogens is 3. The first-order chi connectivity index (χ1) is 7.30. The van der Waals surface area contributed by atoms with Crippen molar-refractivity contribution in [3.8, 4) is 0 Å². The lowest BCUT2D eigenvalue weighted by atomic mass is 9.82. The predicted molar refractivity (Wildman–Crippen MR) is 77.0 cm³/mol. The van der Waals surface area contributed by atoms with Crippen molar-refractivity contribution in [2.75, 3.05) is 0 Å². The molecule has 0 radical (unpaired) electrons. The molecule has 0 saturated heterocycles. The lowest BCUT2D eigenvalue weighted by molar-refractivity contribution is 0.335. The van der Waals surface area contributed by atoms with E-state index < -0.39 is 0 Å². The van der Waals surface area contributed by atoms with Crippen LogP contribution in [0.25, 0.3) is 0 Å². The Labute approximate surface area is 116 Å². The highest BCUT2D eigenvalue weighted by Gasteiger charge is 2.20. The fraction of sp³-hybridized carbons (Fsp3) is 0.538. The van der Waals surface area contributed by atoms with Crippen LogP contribution in [-0.2, 0) is 6.42 Å². The smallest absolute Gasteiger partial charge is 0.0595 e. The molecule has 0 bridgehead atoms. The van der Waals surface area contributed by atoms with Crippen LogP contribution in [0.15, 0.2) is 18.2 Å². The first-order valence-corrected chi connectivity index (χ1v) is 7.05. The third-order valence-electron chi connectivity index (χ3n) is 2.50. The van der Waals surface area contributed by atoms with Gasteiger partial charge in [-0.15, -0.1) is 0 Å². The minimum Gasteiger partial charge on any atom is -0.0893 e. The number of hydrogen-bond donors (Lipinski definition) is 0. The Morgan fingerprint density at radius 1 is 1.25 bits per heavy atom. The van der Waals surface area contributed by atoms with Crippen molar-refractivity contribution < 1.29 is 0 Å². The summed E-state index contributed by atoms with van der Waals surface area (Å²) in [6, 6.07) is 5.88. The molecule has 0 aromatic heterocycles. The molecule has 16 heavy (non-hydrogen) atoms. The van der Waals surface area contributed by atoms with Crippen LogP contribution in [0.5, 0.6) is 0 Å². The third-order valence-corrected chi connectivity index (χ3v) is 3.56. The zero-order valence-electron chi connectivity index (χ0n) is 9.86. The minimum atomic E-state index is 0.264. The molecule has 1 aromatic carbocycles. The van der Waals surface area contributed by atoms with Crippen molar-refractivity contribution in [1.82, 2.24) is 0 Å². The summed E-state index contributed by atoms with van der Waals surface area (Å²) in [5.41, 5.74) is 1.51. The molecule has 0 nitrogen and oxygen atoms in total. The fourth-order valence-electron chi connectivity index (χ4n) is 2.04. The summed E-state index contributed by atoms with van der Waals surface area (Å²) in [4.78, 5) is 0.533. The average Bonchev–Trinajstić information content (AvgIpc) is 2.08. The van der Waals surface area contributed by atoms with Crippen LogP contribution in [0.4, 0.5) is 0 Å². The summed E-state index contributed by atoms with van der Waals surface area (Å²) >= 11 is 15.5. The Kier molecular flexibility index (Phi) is 5.15. The molecule has 1 rings (SSSR count). The monoisotopic (exact) mass is 322 g/mol. The highest BCUT2D eigenvalue weighted by Crippen LogP contribution is 2.31. The van der Waals surface area contributed by atoms with Gasteiger partial charge in [0.1, 0.15) is 0 Å². The van der Waals surface area contributed by atoms with Crippen molar-refractivity contribution in [2.24, 2.45) is 5.41 Å². The lowest BCUT2D eigenvalue weighted by Gasteiger charge is -2.26. The molecule has 90 valence electrons. The van der Waals surface area contributed by atoms with Crippen LogP contribution >= 0.6 is 39.1 Å². The molecule has 0 fully saturated rings. The quantitative estimate of drug-likeness (QED) is 0.620. The second-order valence-corrected chi connectivity index (χ2v) is 7.45. The van der Waals surface area contributed by atoms with E-state index >= 15 is 0 Å². The first kappa shape index (κ1) is 14.3. The summed E-state index contributed by atoms with van der Waals surface area (Å²) in [6.45, 7) is 6.72. The lowest BCUT2D eigenvalue weighted by Crippen LogP contribution is -2.18. The van der Waals surface area contributed by atoms with E-state index in [4.69, 9.17) is 23.2 Å². The Bertz CT molecular complexity index is 359. The van der Waals surface area contributed by atoms with Gasteiger partial charge in [-0.3, -0.25) is 0 Å². The van der Waals surface area contributed by atoms with Gasteiger partial charge in [0.25, 0.3) is 0 Å². The molecule has 3 heteroatoms. The van der Waals surface area contributed by atoms with Crippen molar-refractivity contribution in [3.05, 3.63) is 33.8 Å². The Morgan fingerprint density at radius 3 is 2.38 bits per heavy atom. The van der Waals surface area contributed by atoms with E-state index in [1.165, 1.54) is 5.56 Å². The normalized spacial score (nSPS) is 13.9. The van der Waals surface area contributed by atoms with Gasteiger partial charge in [0.2, 0.25) is 0 Å². The molecule has 0 saturated carbocycles. The molecule has 0 aliphatic rings. The summed E-state index contributed by atoms with van der Waals surface area (Å²) in [6.07, 6.45) is 2.15. The number of hydrogen-bond acceptors (Lipinski definition) is 0. The van der Waals surface area contributed by atoms with Gasteiger partial charge in [-0.05, 0) is 36.0 Å². The summed E-state index contributed by atoms with van der Waals surface area (Å²) in [7, 11) is 0. The molecule has 0 aliphatic heterocycles. The summed E-state index contributed by atoms with van der Waals surface area (Å²) < 4.78 is 0. The van der Waals surface area contributed by atoms with E-state index in [0.717, 1.165) is 12.8 Å². The van der Waals surface area contributed by atoms with Gasteiger partial charge in [-0.2, -0.15) is 0 Å². The number of benzene rings is 1. The molecular formula is C13H17BrCl2. The van der Waals surface area contributed by atoms with Crippen molar-refractivity contribution in [3.63, 3.8) is 0 Å². The average molecular weight is 324 g/mol. The number of rotatable bonds is 4. The van der Waals surface area contributed by atoms with Crippen LogP contribution in [0.3, 0.4) is 0 Å². The topological polar surface area (TPSA) is 0 Å². The minimum absolute atomic E-state index is 0.264. The Balaban J connectivity index is 2.76. The summed E-state index contributed by atoms with van der Waals surface area (Å²) in [5.74, 6) is 0. The molecule has 1 atom stereocenters. The summed E-state index contributed by atoms with van der Waals surface area (Å²) in [5, 5.41) is 1.26. The van der Waals surface area contributed by atoms with E-state index in [2.05, 4.69) is 42.8 Å². The molecule has 0 spiro atoms. The maximum Gasteiger partial charge on any atom is 0.0595 e. The van der Waals surface area contributed by atoms with Crippen LogP contribution < -0.4 is 0 Å². The SMILES string of the molecule is CC(Br)CC(C)(C)Cc1ccc(Cl)c(Cl)c1. The maximum absolute atomic E-state index is 6.01. The molecule has 0 N–H and O–H groups in total. The maximum atomic E-state index is 6.01. The molecule has 0 aliphatic carbocycles. The molecule has 1 aromatic rings. The second-order valence-electron chi connectivity index (χ2n) is 5.07. The van der Waals surface area contributed by atoms with Crippen LogP contribution in [-0.4, -0.2) is 4.83 Å². The van der Waals surface area contributed by atoms with E-state index in [0.29, 0.717) is 14.9 Å². The van der Waals surface area contributed by atoms with Gasteiger partial charge in [0.05, 0.1) is 10.0 Å². The van der Waals surface area contributed by atoms with E-state index in [1.54, 1.807) is 0 Å². The first-order valence-electron chi connectivity index (χ1n) is 5.38. The van der Waals surface area contributed by atoms with Gasteiger partial charge >= 0.3 is 0 Å². The third kappa shape index (κ3) is 4.65. The van der Waals surface area contributed by atoms with Gasteiger partial charge in [-0.1, -0.05) is 66.0 Å². The van der Waals surface area contributed by atoms with Crippen molar-refractivity contribution in [2.45, 2.75) is 38.4 Å². The van der Waals surface area contributed by atoms with E-state index in [1.807, 2.05) is 12.1 Å². The highest BCUT2D eigenvalue weighted by atomic mass is 79.9. The zero-order chi connectivity index (χ0) is 12.3. The molecule has 1 unspecified atom stereocenters.